The summed E-state index contributed by atoms with van der Waals surface area (Å²) in [6, 6.07) is 12.2. The number of carboxylic acid groups (broad SMARTS) is 1. The lowest BCUT2D eigenvalue weighted by atomic mass is 9.97. The van der Waals surface area contributed by atoms with Gasteiger partial charge in [0, 0.05) is 31.0 Å². The van der Waals surface area contributed by atoms with Crippen LogP contribution < -0.4 is 10.1 Å². The molecule has 1 aromatic carbocycles. The maximum absolute atomic E-state index is 12.2. The van der Waals surface area contributed by atoms with E-state index in [0.29, 0.717) is 43.2 Å². The number of piperidine rings is 1. The number of carbonyl (C=O) groups is 2. The molecule has 25 heavy (non-hydrogen) atoms. The van der Waals surface area contributed by atoms with E-state index in [1.165, 1.54) is 0 Å². The van der Waals surface area contributed by atoms with E-state index in [9.17, 15) is 9.59 Å². The van der Waals surface area contributed by atoms with E-state index in [1.54, 1.807) is 41.4 Å². The minimum atomic E-state index is -0.788. The Hall–Kier alpha value is -3.09. The molecule has 0 spiro atoms. The third-order valence-electron chi connectivity index (χ3n) is 4.10. The lowest BCUT2D eigenvalue weighted by Gasteiger charge is -2.30. The Bertz CT molecular complexity index is 726. The number of hydrogen-bond donors (Lipinski definition) is 2. The average Bonchev–Trinajstić information content (AvgIpc) is 2.64. The molecule has 2 aromatic rings. The Morgan fingerprint density at radius 3 is 2.44 bits per heavy atom. The molecular weight excluding hydrogens is 322 g/mol. The van der Waals surface area contributed by atoms with Crippen LogP contribution in [-0.4, -0.2) is 40.1 Å². The summed E-state index contributed by atoms with van der Waals surface area (Å²) in [6.45, 7) is 0.896. The third kappa shape index (κ3) is 4.47. The van der Waals surface area contributed by atoms with Gasteiger partial charge in [0.2, 0.25) is 5.88 Å². The second-order valence-electron chi connectivity index (χ2n) is 5.82. The molecule has 2 heterocycles. The van der Waals surface area contributed by atoms with Crippen molar-refractivity contribution in [3.63, 3.8) is 0 Å². The Balaban J connectivity index is 1.53. The maximum Gasteiger partial charge on any atom is 0.321 e. The standard InChI is InChI=1S/C18H19N3O4/c22-17(23)13-8-11-21(12-9-13)18(24)20-14-4-6-15(7-5-14)25-16-3-1-2-10-19-16/h1-7,10,13H,8-9,11-12H2,(H,20,24)(H,22,23). The number of urea groups is 1. The van der Waals surface area contributed by atoms with Crippen molar-refractivity contribution in [1.29, 1.82) is 0 Å². The van der Waals surface area contributed by atoms with Crippen molar-refractivity contribution in [3.05, 3.63) is 48.7 Å². The predicted molar refractivity (Wildman–Crippen MR) is 91.7 cm³/mol. The number of nitrogens with zero attached hydrogens (tertiary/aromatic N) is 2. The van der Waals surface area contributed by atoms with Crippen LogP contribution in [-0.2, 0) is 4.79 Å². The smallest absolute Gasteiger partial charge is 0.321 e. The van der Waals surface area contributed by atoms with Gasteiger partial charge in [-0.3, -0.25) is 4.79 Å². The Morgan fingerprint density at radius 1 is 1.12 bits per heavy atom. The zero-order valence-corrected chi connectivity index (χ0v) is 13.6. The fourth-order valence-corrected chi connectivity index (χ4v) is 2.67. The summed E-state index contributed by atoms with van der Waals surface area (Å²) in [7, 11) is 0. The largest absolute Gasteiger partial charge is 0.481 e. The predicted octanol–water partition coefficient (Wildman–Crippen LogP) is 3.20. The second-order valence-corrected chi connectivity index (χ2v) is 5.82. The van der Waals surface area contributed by atoms with Crippen molar-refractivity contribution in [2.24, 2.45) is 5.92 Å². The van der Waals surface area contributed by atoms with E-state index in [-0.39, 0.29) is 11.9 Å². The molecule has 2 N–H and O–H groups in total. The quantitative estimate of drug-likeness (QED) is 0.891. The summed E-state index contributed by atoms with van der Waals surface area (Å²) in [6.07, 6.45) is 2.62. The van der Waals surface area contributed by atoms with Gasteiger partial charge in [0.05, 0.1) is 5.92 Å². The molecule has 3 rings (SSSR count). The number of anilines is 1. The zero-order chi connectivity index (χ0) is 17.6. The van der Waals surface area contributed by atoms with Crippen LogP contribution in [0.5, 0.6) is 11.6 Å². The molecule has 0 atom stereocenters. The molecule has 2 amide bonds. The van der Waals surface area contributed by atoms with E-state index in [1.807, 2.05) is 12.1 Å². The Morgan fingerprint density at radius 2 is 1.84 bits per heavy atom. The van der Waals surface area contributed by atoms with Crippen molar-refractivity contribution >= 4 is 17.7 Å². The first-order valence-corrected chi connectivity index (χ1v) is 8.09. The fourth-order valence-electron chi connectivity index (χ4n) is 2.67. The number of aromatic nitrogens is 1. The van der Waals surface area contributed by atoms with Crippen LogP contribution in [0.15, 0.2) is 48.7 Å². The maximum atomic E-state index is 12.2. The summed E-state index contributed by atoms with van der Waals surface area (Å²) >= 11 is 0. The van der Waals surface area contributed by atoms with Crippen molar-refractivity contribution in [2.45, 2.75) is 12.8 Å². The van der Waals surface area contributed by atoms with Crippen LogP contribution in [0.3, 0.4) is 0 Å². The number of likely N-dealkylation sites (tertiary alicyclic amines) is 1. The number of benzene rings is 1. The average molecular weight is 341 g/mol. The van der Waals surface area contributed by atoms with E-state index < -0.39 is 5.97 Å². The molecule has 1 aliphatic rings. The lowest BCUT2D eigenvalue weighted by molar-refractivity contribution is -0.143. The summed E-state index contributed by atoms with van der Waals surface area (Å²) in [4.78, 5) is 28.9. The first-order valence-electron chi connectivity index (χ1n) is 8.09. The second kappa shape index (κ2) is 7.65. The first-order chi connectivity index (χ1) is 12.1. The van der Waals surface area contributed by atoms with E-state index >= 15 is 0 Å². The molecule has 1 aromatic heterocycles. The minimum Gasteiger partial charge on any atom is -0.481 e. The highest BCUT2D eigenvalue weighted by atomic mass is 16.5. The molecule has 0 unspecified atom stereocenters. The molecule has 130 valence electrons. The van der Waals surface area contributed by atoms with Gasteiger partial charge in [0.25, 0.3) is 0 Å². The molecular formula is C18H19N3O4. The van der Waals surface area contributed by atoms with Crippen LogP contribution in [0.2, 0.25) is 0 Å². The number of nitrogens with one attached hydrogen (secondary N) is 1. The number of carboxylic acids is 1. The highest BCUT2D eigenvalue weighted by Gasteiger charge is 2.26. The SMILES string of the molecule is O=C(O)C1CCN(C(=O)Nc2ccc(Oc3ccccn3)cc2)CC1. The molecule has 1 saturated heterocycles. The van der Waals surface area contributed by atoms with Crippen LogP contribution in [0.1, 0.15) is 12.8 Å². The van der Waals surface area contributed by atoms with Crippen LogP contribution in [0, 0.1) is 5.92 Å². The molecule has 0 aliphatic carbocycles. The van der Waals surface area contributed by atoms with Crippen molar-refractivity contribution < 1.29 is 19.4 Å². The van der Waals surface area contributed by atoms with Crippen molar-refractivity contribution in [3.8, 4) is 11.6 Å². The van der Waals surface area contributed by atoms with Gasteiger partial charge >= 0.3 is 12.0 Å². The van der Waals surface area contributed by atoms with Gasteiger partial charge in [-0.1, -0.05) is 6.07 Å². The summed E-state index contributed by atoms with van der Waals surface area (Å²) in [5.74, 6) is -0.0183. The molecule has 1 aliphatic heterocycles. The van der Waals surface area contributed by atoms with E-state index in [0.717, 1.165) is 0 Å². The number of rotatable bonds is 4. The molecule has 7 nitrogen and oxygen atoms in total. The van der Waals surface area contributed by atoms with Crippen molar-refractivity contribution in [2.75, 3.05) is 18.4 Å². The monoisotopic (exact) mass is 341 g/mol. The molecule has 0 radical (unpaired) electrons. The van der Waals surface area contributed by atoms with Gasteiger partial charge < -0.3 is 20.1 Å². The van der Waals surface area contributed by atoms with E-state index in [2.05, 4.69) is 10.3 Å². The third-order valence-corrected chi connectivity index (χ3v) is 4.10. The first kappa shape index (κ1) is 16.8. The molecule has 7 heteroatoms. The number of carbonyl (C=O) groups excluding carboxylic acids is 1. The number of hydrogen-bond acceptors (Lipinski definition) is 4. The van der Waals surface area contributed by atoms with Gasteiger partial charge in [-0.25, -0.2) is 9.78 Å². The number of amides is 2. The van der Waals surface area contributed by atoms with Gasteiger partial charge in [-0.15, -0.1) is 0 Å². The van der Waals surface area contributed by atoms with Crippen molar-refractivity contribution in [1.82, 2.24) is 9.88 Å². The van der Waals surface area contributed by atoms with Gasteiger partial charge in [0.1, 0.15) is 5.75 Å². The molecule has 0 saturated carbocycles. The fraction of sp³-hybridized carbons (Fsp3) is 0.278. The highest BCUT2D eigenvalue weighted by molar-refractivity contribution is 5.89. The van der Waals surface area contributed by atoms with Gasteiger partial charge in [-0.2, -0.15) is 0 Å². The summed E-state index contributed by atoms with van der Waals surface area (Å²) in [5, 5.41) is 11.8. The lowest BCUT2D eigenvalue weighted by Crippen LogP contribution is -2.42. The topological polar surface area (TPSA) is 91.8 Å². The Kier molecular flexibility index (Phi) is 5.13. The molecule has 1 fully saturated rings. The van der Waals surface area contributed by atoms with Crippen LogP contribution in [0.4, 0.5) is 10.5 Å². The number of pyridine rings is 1. The number of aliphatic carboxylic acids is 1. The normalized spacial score (nSPS) is 14.8. The minimum absolute atomic E-state index is 0.220. The van der Waals surface area contributed by atoms with Crippen LogP contribution >= 0.6 is 0 Å². The Labute approximate surface area is 145 Å². The summed E-state index contributed by atoms with van der Waals surface area (Å²) < 4.78 is 5.60. The highest BCUT2D eigenvalue weighted by Crippen LogP contribution is 2.22. The van der Waals surface area contributed by atoms with Crippen LogP contribution in [0.25, 0.3) is 0 Å². The van der Waals surface area contributed by atoms with E-state index in [4.69, 9.17) is 9.84 Å². The zero-order valence-electron chi connectivity index (χ0n) is 13.6. The van der Waals surface area contributed by atoms with Gasteiger partial charge in [-0.05, 0) is 43.2 Å². The van der Waals surface area contributed by atoms with Gasteiger partial charge in [0.15, 0.2) is 0 Å². The number of ether oxygens (including phenoxy) is 1. The summed E-state index contributed by atoms with van der Waals surface area (Å²) in [5.41, 5.74) is 0.652. The molecule has 0 bridgehead atoms.